The summed E-state index contributed by atoms with van der Waals surface area (Å²) in [6.07, 6.45) is 3.06. The van der Waals surface area contributed by atoms with E-state index in [9.17, 15) is 14.0 Å². The minimum absolute atomic E-state index is 0.258. The van der Waals surface area contributed by atoms with Crippen LogP contribution in [0.15, 0.2) is 36.7 Å². The summed E-state index contributed by atoms with van der Waals surface area (Å²) in [4.78, 5) is 32.0. The number of carbonyl (C=O) groups excluding carboxylic acids is 2. The fourth-order valence-corrected chi connectivity index (χ4v) is 4.13. The molecule has 1 aliphatic heterocycles. The lowest BCUT2D eigenvalue weighted by Gasteiger charge is -2.29. The molecule has 8 nitrogen and oxygen atoms in total. The molecular weight excluding hydrogens is 421 g/mol. The van der Waals surface area contributed by atoms with Gasteiger partial charge in [-0.05, 0) is 32.9 Å². The van der Waals surface area contributed by atoms with Crippen molar-refractivity contribution in [1.29, 1.82) is 0 Å². The number of fused-ring (bicyclic) bond motifs is 1. The molecule has 4 rings (SSSR count). The first-order valence-electron chi connectivity index (χ1n) is 9.77. The average Bonchev–Trinajstić information content (AvgIpc) is 3.33. The largest absolute Gasteiger partial charge is 0.444 e. The van der Waals surface area contributed by atoms with E-state index in [0.29, 0.717) is 24.6 Å². The van der Waals surface area contributed by atoms with Crippen LogP contribution in [0.2, 0.25) is 0 Å². The predicted octanol–water partition coefficient (Wildman–Crippen LogP) is 4.01. The molecule has 0 saturated heterocycles. The SMILES string of the molecule is CC(C)(C)OC(=O)N1CCc2nc(NC(=O)c3cnn(-c4ccccc4F)c3)sc2C1. The van der Waals surface area contributed by atoms with E-state index in [1.165, 1.54) is 34.5 Å². The summed E-state index contributed by atoms with van der Waals surface area (Å²) >= 11 is 1.32. The first-order valence-corrected chi connectivity index (χ1v) is 10.6. The van der Waals surface area contributed by atoms with Crippen LogP contribution in [-0.2, 0) is 17.7 Å². The van der Waals surface area contributed by atoms with Gasteiger partial charge >= 0.3 is 6.09 Å². The lowest BCUT2D eigenvalue weighted by molar-refractivity contribution is 0.0225. The van der Waals surface area contributed by atoms with Gasteiger partial charge in [0.1, 0.15) is 17.1 Å². The van der Waals surface area contributed by atoms with Gasteiger partial charge in [-0.3, -0.25) is 10.1 Å². The lowest BCUT2D eigenvalue weighted by atomic mass is 10.2. The van der Waals surface area contributed by atoms with E-state index < -0.39 is 17.3 Å². The summed E-state index contributed by atoms with van der Waals surface area (Å²) in [5, 5.41) is 7.28. The molecule has 10 heteroatoms. The van der Waals surface area contributed by atoms with E-state index >= 15 is 0 Å². The van der Waals surface area contributed by atoms with E-state index in [4.69, 9.17) is 4.74 Å². The van der Waals surface area contributed by atoms with Crippen molar-refractivity contribution in [3.05, 3.63) is 58.6 Å². The summed E-state index contributed by atoms with van der Waals surface area (Å²) in [5.74, 6) is -0.822. The van der Waals surface area contributed by atoms with E-state index in [1.807, 2.05) is 20.8 Å². The number of anilines is 1. The van der Waals surface area contributed by atoms with Gasteiger partial charge in [0.25, 0.3) is 5.91 Å². The summed E-state index contributed by atoms with van der Waals surface area (Å²) in [6, 6.07) is 6.19. The zero-order valence-electron chi connectivity index (χ0n) is 17.4. The van der Waals surface area contributed by atoms with E-state index in [-0.39, 0.29) is 17.3 Å². The van der Waals surface area contributed by atoms with Crippen LogP contribution in [0, 0.1) is 5.82 Å². The second-order valence-corrected chi connectivity index (χ2v) is 9.20. The molecule has 162 valence electrons. The Morgan fingerprint density at radius 1 is 1.26 bits per heavy atom. The first kappa shape index (κ1) is 21.0. The molecule has 0 saturated carbocycles. The molecular formula is C21H22FN5O3S. The Morgan fingerprint density at radius 3 is 2.77 bits per heavy atom. The first-order chi connectivity index (χ1) is 14.7. The van der Waals surface area contributed by atoms with Gasteiger partial charge in [-0.2, -0.15) is 5.10 Å². The van der Waals surface area contributed by atoms with Gasteiger partial charge in [0.2, 0.25) is 0 Å². The highest BCUT2D eigenvalue weighted by Gasteiger charge is 2.28. The average molecular weight is 444 g/mol. The number of amides is 2. The van der Waals surface area contributed by atoms with Gasteiger partial charge < -0.3 is 9.64 Å². The molecule has 0 aliphatic carbocycles. The summed E-state index contributed by atoms with van der Waals surface area (Å²) < 4.78 is 20.7. The van der Waals surface area contributed by atoms with Crippen LogP contribution in [0.5, 0.6) is 0 Å². The van der Waals surface area contributed by atoms with Crippen LogP contribution >= 0.6 is 11.3 Å². The molecule has 0 spiro atoms. The third-order valence-corrected chi connectivity index (χ3v) is 5.55. The number of nitrogens with zero attached hydrogens (tertiary/aromatic N) is 4. The molecule has 31 heavy (non-hydrogen) atoms. The van der Waals surface area contributed by atoms with Crippen LogP contribution in [-0.4, -0.2) is 43.8 Å². The second-order valence-electron chi connectivity index (χ2n) is 8.12. The van der Waals surface area contributed by atoms with Gasteiger partial charge in [0, 0.05) is 24.0 Å². The summed E-state index contributed by atoms with van der Waals surface area (Å²) in [5.41, 5.74) is 0.847. The third kappa shape index (κ3) is 4.74. The van der Waals surface area contributed by atoms with E-state index in [0.717, 1.165) is 10.6 Å². The van der Waals surface area contributed by atoms with Crippen LogP contribution in [0.1, 0.15) is 41.7 Å². The Kier molecular flexibility index (Phi) is 5.48. The minimum atomic E-state index is -0.558. The van der Waals surface area contributed by atoms with Gasteiger partial charge in [0.05, 0.1) is 24.0 Å². The van der Waals surface area contributed by atoms with E-state index in [2.05, 4.69) is 15.4 Å². The van der Waals surface area contributed by atoms with Crippen LogP contribution in [0.25, 0.3) is 5.69 Å². The number of thiazole rings is 1. The van der Waals surface area contributed by atoms with E-state index in [1.54, 1.807) is 23.1 Å². The fourth-order valence-electron chi connectivity index (χ4n) is 3.11. The molecule has 0 atom stereocenters. The van der Waals surface area contributed by atoms with Crippen molar-refractivity contribution in [3.63, 3.8) is 0 Å². The molecule has 1 N–H and O–H groups in total. The smallest absolute Gasteiger partial charge is 0.410 e. The number of halogens is 1. The molecule has 0 unspecified atom stereocenters. The van der Waals surface area contributed by atoms with Crippen LogP contribution in [0.4, 0.5) is 14.3 Å². The lowest BCUT2D eigenvalue weighted by Crippen LogP contribution is -2.39. The topological polar surface area (TPSA) is 89.3 Å². The zero-order chi connectivity index (χ0) is 22.2. The van der Waals surface area contributed by atoms with Crippen molar-refractivity contribution in [2.75, 3.05) is 11.9 Å². The molecule has 1 aromatic carbocycles. The Balaban J connectivity index is 1.43. The predicted molar refractivity (Wildman–Crippen MR) is 114 cm³/mol. The molecule has 0 radical (unpaired) electrons. The number of para-hydroxylation sites is 1. The highest BCUT2D eigenvalue weighted by Crippen LogP contribution is 2.29. The van der Waals surface area contributed by atoms with Crippen LogP contribution in [0.3, 0.4) is 0 Å². The maximum absolute atomic E-state index is 13.9. The minimum Gasteiger partial charge on any atom is -0.444 e. The second kappa shape index (κ2) is 8.10. The Morgan fingerprint density at radius 2 is 2.03 bits per heavy atom. The quantitative estimate of drug-likeness (QED) is 0.661. The molecule has 0 fully saturated rings. The number of ether oxygens (including phenoxy) is 1. The van der Waals surface area contributed by atoms with Crippen molar-refractivity contribution in [2.45, 2.75) is 39.3 Å². The summed E-state index contributed by atoms with van der Waals surface area (Å²) in [7, 11) is 0. The summed E-state index contributed by atoms with van der Waals surface area (Å²) in [6.45, 7) is 6.39. The molecule has 2 amide bonds. The Labute approximate surface area is 182 Å². The van der Waals surface area contributed by atoms with Crippen LogP contribution < -0.4 is 5.32 Å². The number of aromatic nitrogens is 3. The Hall–Kier alpha value is -3.27. The van der Waals surface area contributed by atoms with Gasteiger partial charge in [0.15, 0.2) is 5.13 Å². The fraction of sp³-hybridized carbons (Fsp3) is 0.333. The maximum Gasteiger partial charge on any atom is 0.410 e. The van der Waals surface area contributed by atoms with Crippen molar-refractivity contribution in [1.82, 2.24) is 19.7 Å². The van der Waals surface area contributed by atoms with Gasteiger partial charge in [-0.15, -0.1) is 0 Å². The number of hydrogen-bond acceptors (Lipinski definition) is 6. The van der Waals surface area contributed by atoms with Crippen molar-refractivity contribution in [2.24, 2.45) is 0 Å². The number of rotatable bonds is 3. The number of nitrogens with one attached hydrogen (secondary N) is 1. The molecule has 2 aromatic heterocycles. The maximum atomic E-state index is 13.9. The van der Waals surface area contributed by atoms with Crippen molar-refractivity contribution >= 4 is 28.5 Å². The van der Waals surface area contributed by atoms with Crippen molar-refractivity contribution in [3.8, 4) is 5.69 Å². The zero-order valence-corrected chi connectivity index (χ0v) is 18.2. The number of hydrogen-bond donors (Lipinski definition) is 1. The van der Waals surface area contributed by atoms with Gasteiger partial charge in [-0.1, -0.05) is 23.5 Å². The standard InChI is InChI=1S/C21H22FN5O3S/c1-21(2,3)30-20(29)26-9-8-15-17(12-26)31-19(24-15)25-18(28)13-10-23-27(11-13)16-7-5-4-6-14(16)22/h4-7,10-11H,8-9,12H2,1-3H3,(H,24,25,28). The monoisotopic (exact) mass is 443 g/mol. The van der Waals surface area contributed by atoms with Crippen molar-refractivity contribution < 1.29 is 18.7 Å². The highest BCUT2D eigenvalue weighted by molar-refractivity contribution is 7.15. The molecule has 0 bridgehead atoms. The number of carbonyl (C=O) groups is 2. The Bertz CT molecular complexity index is 1130. The number of benzene rings is 1. The third-order valence-electron chi connectivity index (χ3n) is 4.55. The highest BCUT2D eigenvalue weighted by atomic mass is 32.1. The normalized spacial score (nSPS) is 13.6. The molecule has 3 heterocycles. The van der Waals surface area contributed by atoms with Gasteiger partial charge in [-0.25, -0.2) is 18.9 Å². The molecule has 1 aliphatic rings. The molecule has 3 aromatic rings.